The van der Waals surface area contributed by atoms with E-state index in [9.17, 15) is 4.79 Å². The zero-order chi connectivity index (χ0) is 13.2. The van der Waals surface area contributed by atoms with Gasteiger partial charge >= 0.3 is 0 Å². The van der Waals surface area contributed by atoms with E-state index >= 15 is 0 Å². The Bertz CT molecular complexity index is 644. The summed E-state index contributed by atoms with van der Waals surface area (Å²) in [5.74, 6) is 0.833. The number of rotatable bonds is 2. The normalized spacial score (nSPS) is 13.7. The molecule has 5 nitrogen and oxygen atoms in total. The van der Waals surface area contributed by atoms with Gasteiger partial charge < -0.3 is 19.8 Å². The number of nitrogens with two attached hydrogens (primary N) is 1. The second-order valence-electron chi connectivity index (χ2n) is 4.49. The molecule has 1 aromatic heterocycles. The standard InChI is InChI=1S/C14H14N2O3/c15-12-5-10(7-16-3-1-13(17)2-4-16)14-11(6-12)8-18-9-19-14/h1-6H,7-9,15H2. The molecule has 19 heavy (non-hydrogen) atoms. The fourth-order valence-corrected chi connectivity index (χ4v) is 2.19. The number of hydrogen-bond acceptors (Lipinski definition) is 4. The van der Waals surface area contributed by atoms with Crippen LogP contribution in [0, 0.1) is 0 Å². The minimum atomic E-state index is -0.00416. The maximum atomic E-state index is 11.1. The molecule has 98 valence electrons. The fraction of sp³-hybridized carbons (Fsp3) is 0.214. The SMILES string of the molecule is Nc1cc2c(c(Cn3ccc(=O)cc3)c1)OCOC2. The number of ether oxygens (including phenoxy) is 2. The molecule has 2 aromatic rings. The fourth-order valence-electron chi connectivity index (χ4n) is 2.19. The molecule has 0 saturated carbocycles. The first-order valence-electron chi connectivity index (χ1n) is 6.00. The van der Waals surface area contributed by atoms with Gasteiger partial charge in [0.2, 0.25) is 0 Å². The molecule has 2 N–H and O–H groups in total. The van der Waals surface area contributed by atoms with Gasteiger partial charge in [-0.25, -0.2) is 0 Å². The number of hydrogen-bond donors (Lipinski definition) is 1. The van der Waals surface area contributed by atoms with Crippen molar-refractivity contribution in [3.05, 3.63) is 58.0 Å². The molecule has 5 heteroatoms. The van der Waals surface area contributed by atoms with Crippen molar-refractivity contribution >= 4 is 5.69 Å². The Kier molecular flexibility index (Phi) is 2.97. The molecule has 0 fully saturated rings. The lowest BCUT2D eigenvalue weighted by Crippen LogP contribution is -2.15. The summed E-state index contributed by atoms with van der Waals surface area (Å²) in [5.41, 5.74) is 8.52. The van der Waals surface area contributed by atoms with Crippen molar-refractivity contribution in [3.8, 4) is 5.75 Å². The van der Waals surface area contributed by atoms with E-state index < -0.39 is 0 Å². The molecule has 2 heterocycles. The number of benzene rings is 1. The van der Waals surface area contributed by atoms with Gasteiger partial charge in [-0.3, -0.25) is 4.79 Å². The molecular weight excluding hydrogens is 244 g/mol. The van der Waals surface area contributed by atoms with Crippen LogP contribution in [0.4, 0.5) is 5.69 Å². The van der Waals surface area contributed by atoms with Crippen molar-refractivity contribution in [2.45, 2.75) is 13.2 Å². The number of pyridine rings is 1. The third-order valence-corrected chi connectivity index (χ3v) is 3.02. The van der Waals surface area contributed by atoms with Crippen LogP contribution in [0.2, 0.25) is 0 Å². The third-order valence-electron chi connectivity index (χ3n) is 3.02. The van der Waals surface area contributed by atoms with Crippen LogP contribution in [0.1, 0.15) is 11.1 Å². The van der Waals surface area contributed by atoms with Crippen molar-refractivity contribution in [1.29, 1.82) is 0 Å². The van der Waals surface area contributed by atoms with Crippen LogP contribution in [0.25, 0.3) is 0 Å². The highest BCUT2D eigenvalue weighted by molar-refractivity contribution is 5.53. The highest BCUT2D eigenvalue weighted by Crippen LogP contribution is 2.31. The second kappa shape index (κ2) is 4.78. The maximum absolute atomic E-state index is 11.1. The van der Waals surface area contributed by atoms with E-state index in [-0.39, 0.29) is 12.2 Å². The first-order chi connectivity index (χ1) is 9.22. The van der Waals surface area contributed by atoms with Gasteiger partial charge in [-0.05, 0) is 12.1 Å². The van der Waals surface area contributed by atoms with Crippen molar-refractivity contribution in [1.82, 2.24) is 4.57 Å². The monoisotopic (exact) mass is 258 g/mol. The Morgan fingerprint density at radius 1 is 1.26 bits per heavy atom. The van der Waals surface area contributed by atoms with Gasteiger partial charge in [0, 0.05) is 41.3 Å². The summed E-state index contributed by atoms with van der Waals surface area (Å²) >= 11 is 0. The minimum Gasteiger partial charge on any atom is -0.467 e. The molecule has 0 aliphatic carbocycles. The van der Waals surface area contributed by atoms with E-state index in [2.05, 4.69) is 0 Å². The molecule has 3 rings (SSSR count). The lowest BCUT2D eigenvalue weighted by molar-refractivity contribution is -0.0170. The van der Waals surface area contributed by atoms with E-state index in [1.165, 1.54) is 12.1 Å². The summed E-state index contributed by atoms with van der Waals surface area (Å²) < 4.78 is 12.7. The Labute approximate surface area is 110 Å². The Morgan fingerprint density at radius 2 is 2.05 bits per heavy atom. The molecule has 0 bridgehead atoms. The van der Waals surface area contributed by atoms with Crippen molar-refractivity contribution in [3.63, 3.8) is 0 Å². The molecule has 0 spiro atoms. The molecule has 0 atom stereocenters. The Morgan fingerprint density at radius 3 is 2.84 bits per heavy atom. The summed E-state index contributed by atoms with van der Waals surface area (Å²) in [5, 5.41) is 0. The van der Waals surface area contributed by atoms with Crippen LogP contribution in [-0.2, 0) is 17.9 Å². The van der Waals surface area contributed by atoms with E-state index in [4.69, 9.17) is 15.2 Å². The van der Waals surface area contributed by atoms with Gasteiger partial charge in [0.05, 0.1) is 13.2 Å². The first kappa shape index (κ1) is 11.8. The predicted octanol–water partition coefficient (Wildman–Crippen LogP) is 1.35. The maximum Gasteiger partial charge on any atom is 0.189 e. The molecule has 0 saturated heterocycles. The summed E-state index contributed by atoms with van der Waals surface area (Å²) in [6.45, 7) is 1.37. The molecule has 0 radical (unpaired) electrons. The first-order valence-corrected chi connectivity index (χ1v) is 6.00. The zero-order valence-corrected chi connectivity index (χ0v) is 10.3. The summed E-state index contributed by atoms with van der Waals surface area (Å²) in [6, 6.07) is 6.82. The van der Waals surface area contributed by atoms with Gasteiger partial charge in [-0.1, -0.05) is 0 Å². The lowest BCUT2D eigenvalue weighted by Gasteiger charge is -2.21. The highest BCUT2D eigenvalue weighted by atomic mass is 16.7. The third kappa shape index (κ3) is 2.46. The molecular formula is C14H14N2O3. The smallest absolute Gasteiger partial charge is 0.189 e. The minimum absolute atomic E-state index is 0.00416. The Balaban J connectivity index is 1.98. The molecule has 1 aromatic carbocycles. The van der Waals surface area contributed by atoms with Gasteiger partial charge in [0.15, 0.2) is 12.2 Å². The number of nitrogens with zero attached hydrogens (tertiary/aromatic N) is 1. The zero-order valence-electron chi connectivity index (χ0n) is 10.3. The predicted molar refractivity (Wildman–Crippen MR) is 70.9 cm³/mol. The lowest BCUT2D eigenvalue weighted by atomic mass is 10.1. The van der Waals surface area contributed by atoms with Gasteiger partial charge in [-0.15, -0.1) is 0 Å². The highest BCUT2D eigenvalue weighted by Gasteiger charge is 2.16. The second-order valence-corrected chi connectivity index (χ2v) is 4.49. The van der Waals surface area contributed by atoms with Crippen molar-refractivity contribution in [2.24, 2.45) is 0 Å². The number of anilines is 1. The van der Waals surface area contributed by atoms with Gasteiger partial charge in [-0.2, -0.15) is 0 Å². The molecule has 1 aliphatic rings. The summed E-state index contributed by atoms with van der Waals surface area (Å²) in [7, 11) is 0. The Hall–Kier alpha value is -2.27. The van der Waals surface area contributed by atoms with Crippen LogP contribution in [0.15, 0.2) is 41.5 Å². The van der Waals surface area contributed by atoms with Gasteiger partial charge in [0.25, 0.3) is 0 Å². The summed E-state index contributed by atoms with van der Waals surface area (Å²) in [4.78, 5) is 11.1. The molecule has 1 aliphatic heterocycles. The van der Waals surface area contributed by atoms with Crippen LogP contribution >= 0.6 is 0 Å². The number of aromatic nitrogens is 1. The van der Waals surface area contributed by atoms with Crippen LogP contribution in [0.3, 0.4) is 0 Å². The number of nitrogen functional groups attached to an aromatic ring is 1. The van der Waals surface area contributed by atoms with Crippen molar-refractivity contribution < 1.29 is 9.47 Å². The average Bonchev–Trinajstić information content (AvgIpc) is 2.41. The van der Waals surface area contributed by atoms with E-state index in [0.717, 1.165) is 16.9 Å². The molecule has 0 unspecified atom stereocenters. The van der Waals surface area contributed by atoms with Gasteiger partial charge in [0.1, 0.15) is 5.75 Å². The van der Waals surface area contributed by atoms with Crippen LogP contribution < -0.4 is 15.9 Å². The van der Waals surface area contributed by atoms with Crippen LogP contribution in [-0.4, -0.2) is 11.4 Å². The quantitative estimate of drug-likeness (QED) is 0.826. The van der Waals surface area contributed by atoms with Crippen LogP contribution in [0.5, 0.6) is 5.75 Å². The molecule has 0 amide bonds. The topological polar surface area (TPSA) is 66.5 Å². The summed E-state index contributed by atoms with van der Waals surface area (Å²) in [6.07, 6.45) is 3.49. The largest absolute Gasteiger partial charge is 0.467 e. The number of fused-ring (bicyclic) bond motifs is 1. The van der Waals surface area contributed by atoms with Crippen molar-refractivity contribution in [2.75, 3.05) is 12.5 Å². The van der Waals surface area contributed by atoms with E-state index in [1.54, 1.807) is 12.4 Å². The average molecular weight is 258 g/mol. The van der Waals surface area contributed by atoms with E-state index in [1.807, 2.05) is 16.7 Å². The van der Waals surface area contributed by atoms with E-state index in [0.29, 0.717) is 18.8 Å².